The van der Waals surface area contributed by atoms with Gasteiger partial charge in [-0.25, -0.2) is 0 Å². The van der Waals surface area contributed by atoms with Crippen LogP contribution in [0.1, 0.15) is 17.5 Å². The fourth-order valence-corrected chi connectivity index (χ4v) is 3.01. The quantitative estimate of drug-likeness (QED) is 0.650. The Morgan fingerprint density at radius 3 is 2.61 bits per heavy atom. The molecule has 1 atom stereocenters. The molecule has 0 saturated heterocycles. The highest BCUT2D eigenvalue weighted by molar-refractivity contribution is 5.60. The molecule has 1 aliphatic heterocycles. The van der Waals surface area contributed by atoms with Gasteiger partial charge in [-0.3, -0.25) is 0 Å². The predicted molar refractivity (Wildman–Crippen MR) is 107 cm³/mol. The van der Waals surface area contributed by atoms with Crippen LogP contribution in [0.4, 0.5) is 11.5 Å². The molecule has 0 spiro atoms. The second-order valence-corrected chi connectivity index (χ2v) is 6.33. The maximum atomic E-state index is 5.95. The number of hydrogen-bond acceptors (Lipinski definition) is 7. The van der Waals surface area contributed by atoms with Gasteiger partial charge in [0.1, 0.15) is 23.0 Å². The Morgan fingerprint density at radius 1 is 1.04 bits per heavy atom. The van der Waals surface area contributed by atoms with Crippen LogP contribution in [-0.2, 0) is 6.42 Å². The van der Waals surface area contributed by atoms with Gasteiger partial charge in [-0.15, -0.1) is 0 Å². The van der Waals surface area contributed by atoms with Crippen molar-refractivity contribution in [1.82, 2.24) is 9.97 Å². The lowest BCUT2D eigenvalue weighted by Crippen LogP contribution is -2.15. The van der Waals surface area contributed by atoms with Crippen LogP contribution < -0.4 is 24.8 Å². The Labute approximate surface area is 163 Å². The van der Waals surface area contributed by atoms with Crippen LogP contribution in [0.15, 0.2) is 54.6 Å². The number of anilines is 2. The molecule has 3 aromatic rings. The zero-order chi connectivity index (χ0) is 19.3. The third kappa shape index (κ3) is 3.93. The highest BCUT2D eigenvalue weighted by Gasteiger charge is 2.25. The Kier molecular flexibility index (Phi) is 5.14. The summed E-state index contributed by atoms with van der Waals surface area (Å²) in [7, 11) is 3.22. The summed E-state index contributed by atoms with van der Waals surface area (Å²) in [4.78, 5) is 8.81. The number of hydrogen-bond donors (Lipinski definition) is 2. The molecule has 2 heterocycles. The molecule has 144 valence electrons. The molecule has 0 aliphatic carbocycles. The highest BCUT2D eigenvalue weighted by atomic mass is 16.5. The third-order valence-corrected chi connectivity index (χ3v) is 4.47. The summed E-state index contributed by atoms with van der Waals surface area (Å²) in [6.07, 6.45) is 0.478. The second-order valence-electron chi connectivity index (χ2n) is 6.33. The minimum Gasteiger partial charge on any atom is -0.497 e. The largest absolute Gasteiger partial charge is 0.497 e. The zero-order valence-corrected chi connectivity index (χ0v) is 15.8. The summed E-state index contributed by atoms with van der Waals surface area (Å²) >= 11 is 0. The first-order valence-corrected chi connectivity index (χ1v) is 9.07. The zero-order valence-electron chi connectivity index (χ0n) is 15.8. The Balaban J connectivity index is 1.43. The fourth-order valence-electron chi connectivity index (χ4n) is 3.01. The van der Waals surface area contributed by atoms with E-state index in [0.29, 0.717) is 17.5 Å². The van der Waals surface area contributed by atoms with E-state index in [1.807, 2.05) is 42.5 Å². The lowest BCUT2D eigenvalue weighted by molar-refractivity contribution is 0.251. The van der Waals surface area contributed by atoms with Crippen LogP contribution in [0.3, 0.4) is 0 Å². The van der Waals surface area contributed by atoms with E-state index in [0.717, 1.165) is 30.2 Å². The van der Waals surface area contributed by atoms with Crippen molar-refractivity contribution in [1.29, 1.82) is 0 Å². The molecule has 2 aromatic carbocycles. The molecule has 1 aliphatic rings. The smallest absolute Gasteiger partial charge is 0.318 e. The van der Waals surface area contributed by atoms with E-state index >= 15 is 0 Å². The maximum absolute atomic E-state index is 5.95. The van der Waals surface area contributed by atoms with E-state index in [1.54, 1.807) is 14.2 Å². The molecule has 4 rings (SSSR count). The topological polar surface area (TPSA) is 77.5 Å². The molecule has 1 aromatic heterocycles. The van der Waals surface area contributed by atoms with E-state index in [-0.39, 0.29) is 6.23 Å². The molecule has 0 saturated carbocycles. The van der Waals surface area contributed by atoms with Gasteiger partial charge in [-0.05, 0) is 36.2 Å². The van der Waals surface area contributed by atoms with Crippen molar-refractivity contribution in [2.24, 2.45) is 0 Å². The van der Waals surface area contributed by atoms with E-state index < -0.39 is 0 Å². The van der Waals surface area contributed by atoms with Crippen LogP contribution in [0.25, 0.3) is 0 Å². The van der Waals surface area contributed by atoms with Gasteiger partial charge in [0.05, 0.1) is 19.9 Å². The lowest BCUT2D eigenvalue weighted by atomic mass is 10.1. The van der Waals surface area contributed by atoms with Crippen LogP contribution in [-0.4, -0.2) is 30.7 Å². The number of aromatic nitrogens is 2. The summed E-state index contributed by atoms with van der Waals surface area (Å²) in [6, 6.07) is 18.0. The predicted octanol–water partition coefficient (Wildman–Crippen LogP) is 3.65. The average Bonchev–Trinajstić information content (AvgIpc) is 3.18. The molecule has 0 radical (unpaired) electrons. The average molecular weight is 378 g/mol. The lowest BCUT2D eigenvalue weighted by Gasteiger charge is -2.14. The van der Waals surface area contributed by atoms with Gasteiger partial charge < -0.3 is 24.8 Å². The molecule has 7 nitrogen and oxygen atoms in total. The van der Waals surface area contributed by atoms with Crippen LogP contribution in [0, 0.1) is 0 Å². The number of nitrogens with one attached hydrogen (secondary N) is 2. The number of methoxy groups -OCH3 is 2. The van der Waals surface area contributed by atoms with Gasteiger partial charge in [-0.1, -0.05) is 24.3 Å². The molecule has 28 heavy (non-hydrogen) atoms. The Bertz CT molecular complexity index is 922. The minimum absolute atomic E-state index is 0.297. The number of nitrogens with zero attached hydrogens (tertiary/aromatic N) is 2. The van der Waals surface area contributed by atoms with Crippen molar-refractivity contribution in [2.75, 3.05) is 31.4 Å². The third-order valence-electron chi connectivity index (χ3n) is 4.47. The van der Waals surface area contributed by atoms with E-state index in [9.17, 15) is 0 Å². The van der Waals surface area contributed by atoms with Gasteiger partial charge >= 0.3 is 6.01 Å². The second kappa shape index (κ2) is 8.04. The van der Waals surface area contributed by atoms with Crippen molar-refractivity contribution in [3.05, 3.63) is 65.9 Å². The van der Waals surface area contributed by atoms with E-state index in [1.165, 1.54) is 5.56 Å². The van der Waals surface area contributed by atoms with Gasteiger partial charge in [0.15, 0.2) is 0 Å². The Hall–Kier alpha value is -3.48. The standard InChI is InChI=1S/C21H22N4O3/c1-26-15-9-7-14(8-10-15)11-12-22-19-13-17(24-21(25-19)27-2)20-23-16-5-3-4-6-18(16)28-20/h3-10,13,20,23H,11-12H2,1-2H3,(H,22,24,25). The summed E-state index contributed by atoms with van der Waals surface area (Å²) in [6.45, 7) is 0.727. The minimum atomic E-state index is -0.378. The monoisotopic (exact) mass is 378 g/mol. The van der Waals surface area contributed by atoms with Gasteiger partial charge in [-0.2, -0.15) is 9.97 Å². The molecule has 7 heteroatoms. The molecular formula is C21H22N4O3. The number of rotatable bonds is 7. The molecule has 0 bridgehead atoms. The summed E-state index contributed by atoms with van der Waals surface area (Å²) in [5, 5.41) is 6.65. The molecular weight excluding hydrogens is 356 g/mol. The summed E-state index contributed by atoms with van der Waals surface area (Å²) < 4.78 is 16.4. The van der Waals surface area contributed by atoms with Crippen molar-refractivity contribution < 1.29 is 14.2 Å². The number of para-hydroxylation sites is 2. The number of ether oxygens (including phenoxy) is 3. The van der Waals surface area contributed by atoms with Crippen molar-refractivity contribution in [3.63, 3.8) is 0 Å². The van der Waals surface area contributed by atoms with Crippen molar-refractivity contribution in [2.45, 2.75) is 12.6 Å². The molecule has 2 N–H and O–H groups in total. The van der Waals surface area contributed by atoms with E-state index in [4.69, 9.17) is 14.2 Å². The van der Waals surface area contributed by atoms with Crippen molar-refractivity contribution >= 4 is 11.5 Å². The van der Waals surface area contributed by atoms with Crippen LogP contribution in [0.2, 0.25) is 0 Å². The SMILES string of the molecule is COc1ccc(CCNc2cc(C3Nc4ccccc4O3)nc(OC)n2)cc1. The Morgan fingerprint density at radius 2 is 1.86 bits per heavy atom. The first-order valence-electron chi connectivity index (χ1n) is 9.07. The fraction of sp³-hybridized carbons (Fsp3) is 0.238. The normalized spacial score (nSPS) is 14.6. The van der Waals surface area contributed by atoms with E-state index in [2.05, 4.69) is 32.7 Å². The highest BCUT2D eigenvalue weighted by Crippen LogP contribution is 2.37. The molecule has 0 fully saturated rings. The number of benzene rings is 2. The van der Waals surface area contributed by atoms with Gasteiger partial charge in [0, 0.05) is 12.6 Å². The number of fused-ring (bicyclic) bond motifs is 1. The van der Waals surface area contributed by atoms with Crippen LogP contribution >= 0.6 is 0 Å². The summed E-state index contributed by atoms with van der Waals surface area (Å²) in [5.74, 6) is 2.35. The van der Waals surface area contributed by atoms with Gasteiger partial charge in [0.2, 0.25) is 6.23 Å². The van der Waals surface area contributed by atoms with Crippen molar-refractivity contribution in [3.8, 4) is 17.5 Å². The summed E-state index contributed by atoms with van der Waals surface area (Å²) in [5.41, 5.74) is 2.86. The first kappa shape index (κ1) is 17.9. The van der Waals surface area contributed by atoms with Gasteiger partial charge in [0.25, 0.3) is 0 Å². The van der Waals surface area contributed by atoms with Crippen LogP contribution in [0.5, 0.6) is 17.5 Å². The first-order chi connectivity index (χ1) is 13.7. The molecule has 1 unspecified atom stereocenters. The molecule has 0 amide bonds. The maximum Gasteiger partial charge on any atom is 0.318 e.